The van der Waals surface area contributed by atoms with Gasteiger partial charge in [-0.25, -0.2) is 4.39 Å². The molecule has 1 amide bonds. The SMILES string of the molecule is COc1cc(C)c(NCC(=O)Nc2ccc(Cl)cc2F)cc1OC. The van der Waals surface area contributed by atoms with E-state index in [9.17, 15) is 9.18 Å². The molecule has 7 heteroatoms. The van der Waals surface area contributed by atoms with E-state index in [-0.39, 0.29) is 23.2 Å². The highest BCUT2D eigenvalue weighted by Gasteiger charge is 2.11. The molecule has 0 aliphatic carbocycles. The second-order valence-electron chi connectivity index (χ2n) is 5.05. The summed E-state index contributed by atoms with van der Waals surface area (Å²) < 4.78 is 24.1. The van der Waals surface area contributed by atoms with Gasteiger partial charge in [0, 0.05) is 16.8 Å². The minimum absolute atomic E-state index is 0.0294. The molecule has 0 unspecified atom stereocenters. The van der Waals surface area contributed by atoms with Crippen molar-refractivity contribution >= 4 is 28.9 Å². The number of anilines is 2. The van der Waals surface area contributed by atoms with Crippen LogP contribution in [0, 0.1) is 12.7 Å². The van der Waals surface area contributed by atoms with Crippen molar-refractivity contribution in [2.75, 3.05) is 31.4 Å². The van der Waals surface area contributed by atoms with E-state index in [1.54, 1.807) is 19.2 Å². The maximum Gasteiger partial charge on any atom is 0.243 e. The third-order valence-corrected chi connectivity index (χ3v) is 3.61. The number of methoxy groups -OCH3 is 2. The van der Waals surface area contributed by atoms with Crippen LogP contribution in [-0.4, -0.2) is 26.7 Å². The smallest absolute Gasteiger partial charge is 0.243 e. The van der Waals surface area contributed by atoms with Crippen molar-refractivity contribution in [3.8, 4) is 11.5 Å². The number of hydrogen-bond donors (Lipinski definition) is 2. The van der Waals surface area contributed by atoms with Crippen LogP contribution in [0.15, 0.2) is 30.3 Å². The quantitative estimate of drug-likeness (QED) is 0.829. The predicted molar refractivity (Wildman–Crippen MR) is 92.8 cm³/mol. The molecule has 0 aliphatic rings. The van der Waals surface area contributed by atoms with Crippen LogP contribution in [0.2, 0.25) is 5.02 Å². The van der Waals surface area contributed by atoms with Gasteiger partial charge in [-0.2, -0.15) is 0 Å². The van der Waals surface area contributed by atoms with E-state index >= 15 is 0 Å². The average molecular weight is 353 g/mol. The number of aryl methyl sites for hydroxylation is 1. The first-order chi connectivity index (χ1) is 11.4. The number of hydrogen-bond acceptors (Lipinski definition) is 4. The molecule has 0 saturated heterocycles. The molecule has 2 aromatic rings. The van der Waals surface area contributed by atoms with Crippen LogP contribution in [0.5, 0.6) is 11.5 Å². The fourth-order valence-electron chi connectivity index (χ4n) is 2.13. The molecule has 0 aromatic heterocycles. The highest BCUT2D eigenvalue weighted by atomic mass is 35.5. The summed E-state index contributed by atoms with van der Waals surface area (Å²) in [6, 6.07) is 7.61. The third-order valence-electron chi connectivity index (χ3n) is 3.38. The lowest BCUT2D eigenvalue weighted by Gasteiger charge is -2.14. The summed E-state index contributed by atoms with van der Waals surface area (Å²) >= 11 is 5.68. The number of carbonyl (C=O) groups excluding carboxylic acids is 1. The monoisotopic (exact) mass is 352 g/mol. The fraction of sp³-hybridized carbons (Fsp3) is 0.235. The van der Waals surface area contributed by atoms with Gasteiger partial charge < -0.3 is 20.1 Å². The van der Waals surface area contributed by atoms with Gasteiger partial charge in [-0.1, -0.05) is 11.6 Å². The number of ether oxygens (including phenoxy) is 2. The molecule has 24 heavy (non-hydrogen) atoms. The topological polar surface area (TPSA) is 59.6 Å². The molecule has 2 rings (SSSR count). The van der Waals surface area contributed by atoms with Crippen molar-refractivity contribution in [1.82, 2.24) is 0 Å². The van der Waals surface area contributed by atoms with Gasteiger partial charge in [-0.15, -0.1) is 0 Å². The number of rotatable bonds is 6. The Kier molecular flexibility index (Phi) is 5.87. The van der Waals surface area contributed by atoms with Crippen molar-refractivity contribution < 1.29 is 18.7 Å². The lowest BCUT2D eigenvalue weighted by Crippen LogP contribution is -2.22. The van der Waals surface area contributed by atoms with Crippen LogP contribution in [0.25, 0.3) is 0 Å². The Morgan fingerprint density at radius 2 is 1.79 bits per heavy atom. The molecule has 2 aromatic carbocycles. The zero-order valence-electron chi connectivity index (χ0n) is 13.6. The van der Waals surface area contributed by atoms with E-state index in [0.29, 0.717) is 11.5 Å². The van der Waals surface area contributed by atoms with Crippen LogP contribution in [-0.2, 0) is 4.79 Å². The Hall–Kier alpha value is -2.47. The van der Waals surface area contributed by atoms with Crippen LogP contribution in [0.1, 0.15) is 5.56 Å². The number of nitrogens with one attached hydrogen (secondary N) is 2. The largest absolute Gasteiger partial charge is 0.493 e. The molecule has 5 nitrogen and oxygen atoms in total. The van der Waals surface area contributed by atoms with Crippen molar-refractivity contribution in [2.24, 2.45) is 0 Å². The first-order valence-corrected chi connectivity index (χ1v) is 7.53. The van der Waals surface area contributed by atoms with Crippen molar-refractivity contribution in [2.45, 2.75) is 6.92 Å². The molecule has 0 bridgehead atoms. The van der Waals surface area contributed by atoms with Gasteiger partial charge in [-0.3, -0.25) is 4.79 Å². The molecule has 2 N–H and O–H groups in total. The van der Waals surface area contributed by atoms with Gasteiger partial charge >= 0.3 is 0 Å². The third kappa shape index (κ3) is 4.29. The van der Waals surface area contributed by atoms with Crippen LogP contribution >= 0.6 is 11.6 Å². The molecule has 0 radical (unpaired) electrons. The molecule has 0 heterocycles. The highest BCUT2D eigenvalue weighted by Crippen LogP contribution is 2.32. The average Bonchev–Trinajstić information content (AvgIpc) is 2.56. The van der Waals surface area contributed by atoms with E-state index in [1.807, 2.05) is 6.92 Å². The summed E-state index contributed by atoms with van der Waals surface area (Å²) in [5.41, 5.74) is 1.69. The van der Waals surface area contributed by atoms with E-state index in [2.05, 4.69) is 10.6 Å². The Morgan fingerprint density at radius 1 is 1.12 bits per heavy atom. The predicted octanol–water partition coefficient (Wildman–Crippen LogP) is 3.86. The fourth-order valence-corrected chi connectivity index (χ4v) is 2.29. The molecule has 0 saturated carbocycles. The molecule has 128 valence electrons. The molecule has 0 aliphatic heterocycles. The van der Waals surface area contributed by atoms with E-state index < -0.39 is 5.82 Å². The summed E-state index contributed by atoms with van der Waals surface area (Å²) in [7, 11) is 3.09. The van der Waals surface area contributed by atoms with E-state index in [1.165, 1.54) is 19.2 Å². The number of amides is 1. The molecule has 0 fully saturated rings. The Bertz CT molecular complexity index is 753. The van der Waals surface area contributed by atoms with Gasteiger partial charge in [0.15, 0.2) is 11.5 Å². The van der Waals surface area contributed by atoms with E-state index in [0.717, 1.165) is 17.3 Å². The summed E-state index contributed by atoms with van der Waals surface area (Å²) in [6.45, 7) is 1.85. The first kappa shape index (κ1) is 17.9. The molecule has 0 atom stereocenters. The van der Waals surface area contributed by atoms with Crippen LogP contribution in [0.3, 0.4) is 0 Å². The molecule has 0 spiro atoms. The van der Waals surface area contributed by atoms with E-state index in [4.69, 9.17) is 21.1 Å². The maximum absolute atomic E-state index is 13.7. The summed E-state index contributed by atoms with van der Waals surface area (Å²) in [5, 5.41) is 5.75. The normalized spacial score (nSPS) is 10.2. The minimum Gasteiger partial charge on any atom is -0.493 e. The number of benzene rings is 2. The van der Waals surface area contributed by atoms with Gasteiger partial charge in [0.05, 0.1) is 26.5 Å². The molecular formula is C17H18ClFN2O3. The Labute approximate surface area is 144 Å². The van der Waals surface area contributed by atoms with Crippen LogP contribution in [0.4, 0.5) is 15.8 Å². The zero-order chi connectivity index (χ0) is 17.7. The lowest BCUT2D eigenvalue weighted by molar-refractivity contribution is -0.114. The van der Waals surface area contributed by atoms with Crippen molar-refractivity contribution in [3.05, 3.63) is 46.7 Å². The van der Waals surface area contributed by atoms with Crippen molar-refractivity contribution in [3.63, 3.8) is 0 Å². The standard InChI is InChI=1S/C17H18ClFN2O3/c1-10-6-15(23-2)16(24-3)8-14(10)20-9-17(22)21-13-5-4-11(18)7-12(13)19/h4-8,20H,9H2,1-3H3,(H,21,22). The van der Waals surface area contributed by atoms with Gasteiger partial charge in [0.1, 0.15) is 5.82 Å². The lowest BCUT2D eigenvalue weighted by atomic mass is 10.1. The second-order valence-corrected chi connectivity index (χ2v) is 5.48. The van der Waals surface area contributed by atoms with Gasteiger partial charge in [0.2, 0.25) is 5.91 Å². The highest BCUT2D eigenvalue weighted by molar-refractivity contribution is 6.30. The zero-order valence-corrected chi connectivity index (χ0v) is 14.3. The minimum atomic E-state index is -0.585. The maximum atomic E-state index is 13.7. The van der Waals surface area contributed by atoms with Crippen LogP contribution < -0.4 is 20.1 Å². The molecular weight excluding hydrogens is 335 g/mol. The number of halogens is 2. The van der Waals surface area contributed by atoms with Gasteiger partial charge in [0.25, 0.3) is 0 Å². The summed E-state index contributed by atoms with van der Waals surface area (Å²) in [6.07, 6.45) is 0. The first-order valence-electron chi connectivity index (χ1n) is 7.16. The second kappa shape index (κ2) is 7.88. The Morgan fingerprint density at radius 3 is 2.42 bits per heavy atom. The van der Waals surface area contributed by atoms with Gasteiger partial charge in [-0.05, 0) is 36.8 Å². The summed E-state index contributed by atoms with van der Waals surface area (Å²) in [5.74, 6) is 0.187. The Balaban J connectivity index is 2.03. The summed E-state index contributed by atoms with van der Waals surface area (Å²) in [4.78, 5) is 12.0. The van der Waals surface area contributed by atoms with Crippen molar-refractivity contribution in [1.29, 1.82) is 0 Å². The number of carbonyl (C=O) groups is 1.